The molecule has 6 nitrogen and oxygen atoms in total. The van der Waals surface area contributed by atoms with E-state index in [2.05, 4.69) is 21.9 Å². The van der Waals surface area contributed by atoms with Crippen LogP contribution in [0.15, 0.2) is 18.5 Å². The zero-order valence-corrected chi connectivity index (χ0v) is 14.0. The molecule has 0 N–H and O–H groups in total. The lowest BCUT2D eigenvalue weighted by molar-refractivity contribution is -0.142. The number of aromatic nitrogens is 2. The normalized spacial score (nSPS) is 22.6. The van der Waals surface area contributed by atoms with E-state index in [4.69, 9.17) is 4.74 Å². The van der Waals surface area contributed by atoms with Crippen molar-refractivity contribution in [1.29, 1.82) is 0 Å². The van der Waals surface area contributed by atoms with Crippen LogP contribution in [0.5, 0.6) is 0 Å². The van der Waals surface area contributed by atoms with E-state index in [1.807, 2.05) is 17.9 Å². The minimum atomic E-state index is -0.322. The van der Waals surface area contributed by atoms with E-state index in [0.29, 0.717) is 18.5 Å². The Balaban J connectivity index is 1.46. The first-order chi connectivity index (χ1) is 11.1. The maximum Gasteiger partial charge on any atom is 0.251 e. The maximum atomic E-state index is 12.5. The molecule has 0 bridgehead atoms. The van der Waals surface area contributed by atoms with Crippen LogP contribution >= 0.6 is 0 Å². The molecule has 1 saturated carbocycles. The van der Waals surface area contributed by atoms with E-state index in [9.17, 15) is 4.79 Å². The molecule has 1 amide bonds. The SMILES string of the molecule is CC(OCC1CC1)C(=O)N1CCC(N(C)Cc2ncccn2)C1. The molecule has 0 aromatic carbocycles. The molecule has 1 aliphatic heterocycles. The molecule has 2 unspecified atom stereocenters. The van der Waals surface area contributed by atoms with Crippen LogP contribution in [-0.2, 0) is 16.1 Å². The highest BCUT2D eigenvalue weighted by Gasteiger charge is 2.32. The Morgan fingerprint density at radius 3 is 2.83 bits per heavy atom. The van der Waals surface area contributed by atoms with Crippen LogP contribution in [0.2, 0.25) is 0 Å². The second kappa shape index (κ2) is 7.36. The van der Waals surface area contributed by atoms with Gasteiger partial charge in [-0.15, -0.1) is 0 Å². The fraction of sp³-hybridized carbons (Fsp3) is 0.706. The Kier molecular flexibility index (Phi) is 5.23. The van der Waals surface area contributed by atoms with E-state index in [0.717, 1.165) is 31.9 Å². The Morgan fingerprint density at radius 2 is 2.13 bits per heavy atom. The maximum absolute atomic E-state index is 12.5. The van der Waals surface area contributed by atoms with Crippen LogP contribution in [0.1, 0.15) is 32.0 Å². The van der Waals surface area contributed by atoms with Gasteiger partial charge in [0.2, 0.25) is 0 Å². The summed E-state index contributed by atoms with van der Waals surface area (Å²) in [6.45, 7) is 4.89. The fourth-order valence-corrected chi connectivity index (χ4v) is 2.96. The van der Waals surface area contributed by atoms with Gasteiger partial charge in [0.1, 0.15) is 11.9 Å². The van der Waals surface area contributed by atoms with Crippen molar-refractivity contribution in [3.8, 4) is 0 Å². The van der Waals surface area contributed by atoms with Gasteiger partial charge < -0.3 is 9.64 Å². The molecule has 0 radical (unpaired) electrons. The molecule has 2 heterocycles. The highest BCUT2D eigenvalue weighted by molar-refractivity contribution is 5.80. The van der Waals surface area contributed by atoms with Gasteiger partial charge >= 0.3 is 0 Å². The molecule has 1 aromatic heterocycles. The number of ether oxygens (including phenoxy) is 1. The summed E-state index contributed by atoms with van der Waals surface area (Å²) in [5.74, 6) is 1.63. The monoisotopic (exact) mass is 318 g/mol. The molecule has 0 spiro atoms. The number of nitrogens with zero attached hydrogens (tertiary/aromatic N) is 4. The summed E-state index contributed by atoms with van der Waals surface area (Å²) < 4.78 is 5.71. The van der Waals surface area contributed by atoms with E-state index in [1.54, 1.807) is 12.4 Å². The number of likely N-dealkylation sites (tertiary alicyclic amines) is 1. The number of rotatable bonds is 7. The van der Waals surface area contributed by atoms with Crippen LogP contribution < -0.4 is 0 Å². The third-order valence-corrected chi connectivity index (χ3v) is 4.74. The molecule has 1 saturated heterocycles. The zero-order chi connectivity index (χ0) is 16.2. The van der Waals surface area contributed by atoms with E-state index in [1.165, 1.54) is 12.8 Å². The summed E-state index contributed by atoms with van der Waals surface area (Å²) >= 11 is 0. The van der Waals surface area contributed by atoms with Gasteiger partial charge in [-0.2, -0.15) is 0 Å². The fourth-order valence-electron chi connectivity index (χ4n) is 2.96. The summed E-state index contributed by atoms with van der Waals surface area (Å²) in [5.41, 5.74) is 0. The van der Waals surface area contributed by atoms with E-state index < -0.39 is 0 Å². The van der Waals surface area contributed by atoms with E-state index in [-0.39, 0.29) is 12.0 Å². The van der Waals surface area contributed by atoms with Gasteiger partial charge in [-0.3, -0.25) is 9.69 Å². The summed E-state index contributed by atoms with van der Waals surface area (Å²) in [6, 6.07) is 2.18. The van der Waals surface area contributed by atoms with Crippen molar-refractivity contribution in [2.24, 2.45) is 5.92 Å². The van der Waals surface area contributed by atoms with Crippen LogP contribution in [0, 0.1) is 5.92 Å². The van der Waals surface area contributed by atoms with Crippen molar-refractivity contribution in [3.05, 3.63) is 24.3 Å². The lowest BCUT2D eigenvalue weighted by atomic mass is 10.2. The molecule has 6 heteroatoms. The second-order valence-electron chi connectivity index (χ2n) is 6.73. The van der Waals surface area contributed by atoms with Gasteiger partial charge in [0, 0.05) is 31.5 Å². The van der Waals surface area contributed by atoms with Crippen molar-refractivity contribution < 1.29 is 9.53 Å². The van der Waals surface area contributed by atoms with Crippen molar-refractivity contribution in [2.45, 2.75) is 44.9 Å². The lowest BCUT2D eigenvalue weighted by Gasteiger charge is -2.25. The zero-order valence-electron chi connectivity index (χ0n) is 14.0. The number of carbonyl (C=O) groups is 1. The predicted octanol–water partition coefficient (Wildman–Crippen LogP) is 1.32. The molecule has 3 rings (SSSR count). The number of hydrogen-bond acceptors (Lipinski definition) is 5. The number of hydrogen-bond donors (Lipinski definition) is 0. The summed E-state index contributed by atoms with van der Waals surface area (Å²) in [7, 11) is 2.07. The molecule has 23 heavy (non-hydrogen) atoms. The molecule has 1 aliphatic carbocycles. The summed E-state index contributed by atoms with van der Waals surface area (Å²) in [5, 5.41) is 0. The van der Waals surface area contributed by atoms with Gasteiger partial charge in [0.15, 0.2) is 0 Å². The topological polar surface area (TPSA) is 58.6 Å². The quantitative estimate of drug-likeness (QED) is 0.759. The van der Waals surface area contributed by atoms with Gasteiger partial charge in [0.25, 0.3) is 5.91 Å². The van der Waals surface area contributed by atoms with Gasteiger partial charge in [-0.1, -0.05) is 0 Å². The number of carbonyl (C=O) groups excluding carboxylic acids is 1. The first-order valence-electron chi connectivity index (χ1n) is 8.50. The smallest absolute Gasteiger partial charge is 0.251 e. The van der Waals surface area contributed by atoms with Crippen molar-refractivity contribution >= 4 is 5.91 Å². The third-order valence-electron chi connectivity index (χ3n) is 4.74. The van der Waals surface area contributed by atoms with E-state index >= 15 is 0 Å². The second-order valence-corrected chi connectivity index (χ2v) is 6.73. The van der Waals surface area contributed by atoms with Crippen molar-refractivity contribution in [2.75, 3.05) is 26.7 Å². The lowest BCUT2D eigenvalue weighted by Crippen LogP contribution is -2.40. The molecule has 126 valence electrons. The highest BCUT2D eigenvalue weighted by atomic mass is 16.5. The van der Waals surface area contributed by atoms with Gasteiger partial charge in [-0.25, -0.2) is 9.97 Å². The molecular formula is C17H26N4O2. The Bertz CT molecular complexity index is 521. The van der Waals surface area contributed by atoms with Crippen molar-refractivity contribution in [1.82, 2.24) is 19.8 Å². The van der Waals surface area contributed by atoms with Crippen LogP contribution in [0.3, 0.4) is 0 Å². The Hall–Kier alpha value is -1.53. The molecule has 2 aliphatic rings. The average Bonchev–Trinajstić information content (AvgIpc) is 3.26. The van der Waals surface area contributed by atoms with Gasteiger partial charge in [0.05, 0.1) is 13.2 Å². The minimum Gasteiger partial charge on any atom is -0.368 e. The largest absolute Gasteiger partial charge is 0.368 e. The molecule has 2 fully saturated rings. The van der Waals surface area contributed by atoms with Crippen molar-refractivity contribution in [3.63, 3.8) is 0 Å². The standard InChI is InChI=1S/C17H26N4O2/c1-13(23-12-14-4-5-14)17(22)21-9-6-15(10-21)20(2)11-16-18-7-3-8-19-16/h3,7-8,13-15H,4-6,9-12H2,1-2H3. The van der Waals surface area contributed by atoms with Crippen LogP contribution in [-0.4, -0.2) is 64.6 Å². The summed E-state index contributed by atoms with van der Waals surface area (Å²) in [6.07, 6.45) is 6.69. The van der Waals surface area contributed by atoms with Crippen LogP contribution in [0.4, 0.5) is 0 Å². The highest BCUT2D eigenvalue weighted by Crippen LogP contribution is 2.29. The first-order valence-corrected chi connectivity index (χ1v) is 8.50. The molecule has 1 aromatic rings. The summed E-state index contributed by atoms with van der Waals surface area (Å²) in [4.78, 5) is 25.2. The van der Waals surface area contributed by atoms with Gasteiger partial charge in [-0.05, 0) is 45.2 Å². The predicted molar refractivity (Wildman–Crippen MR) is 86.6 cm³/mol. The molecular weight excluding hydrogens is 292 g/mol. The van der Waals surface area contributed by atoms with Crippen LogP contribution in [0.25, 0.3) is 0 Å². The number of amides is 1. The first kappa shape index (κ1) is 16.3. The third kappa shape index (κ3) is 4.48. The Labute approximate surface area is 137 Å². The Morgan fingerprint density at radius 1 is 1.39 bits per heavy atom. The minimum absolute atomic E-state index is 0.123. The number of likely N-dealkylation sites (N-methyl/N-ethyl adjacent to an activating group) is 1. The average molecular weight is 318 g/mol. The molecule has 2 atom stereocenters.